The third-order valence-electron chi connectivity index (χ3n) is 4.14. The van der Waals surface area contributed by atoms with Gasteiger partial charge in [-0.15, -0.1) is 10.2 Å². The van der Waals surface area contributed by atoms with Gasteiger partial charge in [0.15, 0.2) is 0 Å². The summed E-state index contributed by atoms with van der Waals surface area (Å²) in [5.41, 5.74) is 0.584. The molecule has 7 nitrogen and oxygen atoms in total. The number of amides is 1. The van der Waals surface area contributed by atoms with E-state index in [-0.39, 0.29) is 11.9 Å². The number of carbonyl (C=O) groups is 1. The zero-order valence-corrected chi connectivity index (χ0v) is 13.8. The van der Waals surface area contributed by atoms with Crippen LogP contribution in [0.2, 0.25) is 0 Å². The first-order chi connectivity index (χ1) is 11.1. The van der Waals surface area contributed by atoms with Crippen LogP contribution >= 0.6 is 0 Å². The number of nitrogens with zero attached hydrogens (tertiary/aromatic N) is 5. The minimum absolute atomic E-state index is 0.0811. The highest BCUT2D eigenvalue weighted by Gasteiger charge is 2.23. The number of anilines is 1. The van der Waals surface area contributed by atoms with Crippen molar-refractivity contribution in [3.8, 4) is 0 Å². The molecule has 23 heavy (non-hydrogen) atoms. The van der Waals surface area contributed by atoms with Gasteiger partial charge in [-0.3, -0.25) is 4.79 Å². The van der Waals surface area contributed by atoms with Crippen molar-refractivity contribution in [1.82, 2.24) is 25.1 Å². The molecule has 0 aromatic carbocycles. The van der Waals surface area contributed by atoms with Crippen molar-refractivity contribution in [1.29, 1.82) is 0 Å². The summed E-state index contributed by atoms with van der Waals surface area (Å²) in [5.74, 6) is 2.75. The molecule has 0 spiro atoms. The van der Waals surface area contributed by atoms with Crippen LogP contribution in [0.15, 0.2) is 18.3 Å². The maximum Gasteiger partial charge on any atom is 0.253 e. The lowest BCUT2D eigenvalue weighted by Crippen LogP contribution is -2.41. The Hall–Kier alpha value is -2.44. The Kier molecular flexibility index (Phi) is 4.27. The molecule has 1 atom stereocenters. The summed E-state index contributed by atoms with van der Waals surface area (Å²) < 4.78 is 2.13. The van der Waals surface area contributed by atoms with Gasteiger partial charge in [0.1, 0.15) is 17.5 Å². The Morgan fingerprint density at radius 1 is 1.39 bits per heavy atom. The van der Waals surface area contributed by atoms with Gasteiger partial charge in [0.25, 0.3) is 5.91 Å². The molecule has 0 aliphatic carbocycles. The van der Waals surface area contributed by atoms with Crippen LogP contribution in [0.3, 0.4) is 0 Å². The number of hydrogen-bond donors (Lipinski definition) is 1. The molecule has 1 aliphatic rings. The normalized spacial score (nSPS) is 16.7. The van der Waals surface area contributed by atoms with Gasteiger partial charge >= 0.3 is 0 Å². The number of pyridine rings is 1. The zero-order chi connectivity index (χ0) is 16.4. The fraction of sp³-hybridized carbons (Fsp3) is 0.500. The van der Waals surface area contributed by atoms with E-state index in [4.69, 9.17) is 0 Å². The Morgan fingerprint density at radius 3 is 2.87 bits per heavy atom. The Labute approximate surface area is 135 Å². The first-order valence-electron chi connectivity index (χ1n) is 7.93. The lowest BCUT2D eigenvalue weighted by molar-refractivity contribution is 0.0927. The highest BCUT2D eigenvalue weighted by molar-refractivity contribution is 5.94. The van der Waals surface area contributed by atoms with E-state index < -0.39 is 0 Å². The topological polar surface area (TPSA) is 75.9 Å². The van der Waals surface area contributed by atoms with Crippen molar-refractivity contribution < 1.29 is 4.79 Å². The van der Waals surface area contributed by atoms with E-state index in [9.17, 15) is 4.79 Å². The molecule has 122 valence electrons. The molecule has 7 heteroatoms. The minimum Gasteiger partial charge on any atom is -0.363 e. The molecular weight excluding hydrogens is 292 g/mol. The third-order valence-corrected chi connectivity index (χ3v) is 4.14. The molecule has 3 heterocycles. The summed E-state index contributed by atoms with van der Waals surface area (Å²) in [5, 5.41) is 11.5. The van der Waals surface area contributed by atoms with E-state index in [1.165, 1.54) is 0 Å². The molecule has 1 N–H and O–H groups in total. The summed E-state index contributed by atoms with van der Waals surface area (Å²) in [7, 11) is 3.85. The van der Waals surface area contributed by atoms with Gasteiger partial charge in [-0.25, -0.2) is 4.98 Å². The first-order valence-corrected chi connectivity index (χ1v) is 7.93. The van der Waals surface area contributed by atoms with E-state index in [0.717, 1.165) is 43.3 Å². The highest BCUT2D eigenvalue weighted by Crippen LogP contribution is 2.16. The quantitative estimate of drug-likeness (QED) is 0.913. The average molecular weight is 314 g/mol. The standard InChI is InChI=1S/C16H22N6O/c1-4-13-19-20-15-8-6-12(10-22(13)15)18-16(23)11-5-7-14(17-9-11)21(2)3/h5,7,9,12H,4,6,8,10H2,1-3H3,(H,18,23). The Bertz CT molecular complexity index is 678. The van der Waals surface area contributed by atoms with E-state index in [1.54, 1.807) is 6.20 Å². The van der Waals surface area contributed by atoms with Crippen molar-refractivity contribution in [2.24, 2.45) is 0 Å². The van der Waals surface area contributed by atoms with Crippen LogP contribution in [0.4, 0.5) is 5.82 Å². The van der Waals surface area contributed by atoms with Crippen LogP contribution in [-0.2, 0) is 19.4 Å². The smallest absolute Gasteiger partial charge is 0.253 e. The van der Waals surface area contributed by atoms with Crippen molar-refractivity contribution >= 4 is 11.7 Å². The van der Waals surface area contributed by atoms with Crippen molar-refractivity contribution in [3.05, 3.63) is 35.5 Å². The predicted octanol–water partition coefficient (Wildman–Crippen LogP) is 1.05. The molecule has 0 fully saturated rings. The van der Waals surface area contributed by atoms with Crippen LogP contribution in [0.25, 0.3) is 0 Å². The molecule has 2 aromatic rings. The molecule has 0 saturated heterocycles. The van der Waals surface area contributed by atoms with E-state index >= 15 is 0 Å². The Balaban J connectivity index is 1.66. The molecule has 1 aliphatic heterocycles. The number of fused-ring (bicyclic) bond motifs is 1. The second-order valence-electron chi connectivity index (χ2n) is 6.01. The molecular formula is C16H22N6O. The Morgan fingerprint density at radius 2 is 2.22 bits per heavy atom. The number of rotatable bonds is 4. The van der Waals surface area contributed by atoms with Crippen LogP contribution in [0.1, 0.15) is 35.4 Å². The van der Waals surface area contributed by atoms with Crippen LogP contribution in [-0.4, -0.2) is 45.8 Å². The molecule has 2 aromatic heterocycles. The fourth-order valence-electron chi connectivity index (χ4n) is 2.82. The number of nitrogens with one attached hydrogen (secondary N) is 1. The lowest BCUT2D eigenvalue weighted by atomic mass is 10.1. The van der Waals surface area contributed by atoms with Gasteiger partial charge < -0.3 is 14.8 Å². The van der Waals surface area contributed by atoms with Gasteiger partial charge in [0.05, 0.1) is 5.56 Å². The van der Waals surface area contributed by atoms with Crippen LogP contribution in [0.5, 0.6) is 0 Å². The SMILES string of the molecule is CCc1nnc2n1CC(NC(=O)c1ccc(N(C)C)nc1)CC2. The molecule has 1 unspecified atom stereocenters. The fourth-order valence-corrected chi connectivity index (χ4v) is 2.82. The second kappa shape index (κ2) is 6.36. The maximum absolute atomic E-state index is 12.4. The molecule has 0 saturated carbocycles. The lowest BCUT2D eigenvalue weighted by Gasteiger charge is -2.25. The summed E-state index contributed by atoms with van der Waals surface area (Å²) >= 11 is 0. The summed E-state index contributed by atoms with van der Waals surface area (Å²) in [6, 6.07) is 3.76. The summed E-state index contributed by atoms with van der Waals surface area (Å²) in [4.78, 5) is 18.6. The van der Waals surface area contributed by atoms with E-state index in [1.807, 2.05) is 31.1 Å². The highest BCUT2D eigenvalue weighted by atomic mass is 16.1. The number of hydrogen-bond acceptors (Lipinski definition) is 5. The van der Waals surface area contributed by atoms with Gasteiger partial charge in [-0.2, -0.15) is 0 Å². The molecule has 0 radical (unpaired) electrons. The third kappa shape index (κ3) is 3.18. The second-order valence-corrected chi connectivity index (χ2v) is 6.01. The zero-order valence-electron chi connectivity index (χ0n) is 13.8. The van der Waals surface area contributed by atoms with Gasteiger partial charge in [0, 0.05) is 45.7 Å². The predicted molar refractivity (Wildman–Crippen MR) is 87.5 cm³/mol. The van der Waals surface area contributed by atoms with Crippen LogP contribution < -0.4 is 10.2 Å². The summed E-state index contributed by atoms with van der Waals surface area (Å²) in [6.45, 7) is 2.80. The first kappa shape index (κ1) is 15.5. The molecule has 1 amide bonds. The average Bonchev–Trinajstić information content (AvgIpc) is 2.97. The maximum atomic E-state index is 12.4. The molecule has 0 bridgehead atoms. The molecule has 3 rings (SSSR count). The number of aryl methyl sites for hydroxylation is 2. The van der Waals surface area contributed by atoms with Gasteiger partial charge in [-0.1, -0.05) is 6.92 Å². The van der Waals surface area contributed by atoms with Crippen molar-refractivity contribution in [2.45, 2.75) is 38.8 Å². The van der Waals surface area contributed by atoms with E-state index in [2.05, 4.69) is 32.0 Å². The van der Waals surface area contributed by atoms with Gasteiger partial charge in [0.2, 0.25) is 0 Å². The monoisotopic (exact) mass is 314 g/mol. The minimum atomic E-state index is -0.0811. The van der Waals surface area contributed by atoms with Crippen LogP contribution in [0, 0.1) is 0 Å². The number of carbonyl (C=O) groups excluding carboxylic acids is 1. The van der Waals surface area contributed by atoms with E-state index in [0.29, 0.717) is 5.56 Å². The largest absolute Gasteiger partial charge is 0.363 e. The van der Waals surface area contributed by atoms with Gasteiger partial charge in [-0.05, 0) is 18.6 Å². The van der Waals surface area contributed by atoms with Crippen molar-refractivity contribution in [3.63, 3.8) is 0 Å². The van der Waals surface area contributed by atoms with Crippen molar-refractivity contribution in [2.75, 3.05) is 19.0 Å². The number of aromatic nitrogens is 4. The summed E-state index contributed by atoms with van der Waals surface area (Å²) in [6.07, 6.45) is 4.20.